The Hall–Kier alpha value is -0.930. The van der Waals surface area contributed by atoms with Crippen LogP contribution in [0.4, 0.5) is 0 Å². The zero-order valence-electron chi connectivity index (χ0n) is 10.7. The summed E-state index contributed by atoms with van der Waals surface area (Å²) < 4.78 is 0. The molecule has 1 aromatic heterocycles. The summed E-state index contributed by atoms with van der Waals surface area (Å²) in [7, 11) is 0. The molecule has 0 amide bonds. The average molecular weight is 233 g/mol. The van der Waals surface area contributed by atoms with Gasteiger partial charge in [-0.25, -0.2) is 0 Å². The molecule has 1 aliphatic heterocycles. The van der Waals surface area contributed by atoms with Gasteiger partial charge in [0.2, 0.25) is 0 Å². The predicted octanol–water partition coefficient (Wildman–Crippen LogP) is 2.20. The highest BCUT2D eigenvalue weighted by Crippen LogP contribution is 2.27. The van der Waals surface area contributed by atoms with Gasteiger partial charge in [0.25, 0.3) is 0 Å². The maximum absolute atomic E-state index is 5.93. The molecule has 0 aromatic carbocycles. The van der Waals surface area contributed by atoms with Crippen molar-refractivity contribution in [3.8, 4) is 0 Å². The molecule has 3 nitrogen and oxygen atoms in total. The lowest BCUT2D eigenvalue weighted by Gasteiger charge is -2.37. The number of nitrogens with two attached hydrogens (primary N) is 1. The van der Waals surface area contributed by atoms with Gasteiger partial charge >= 0.3 is 0 Å². The van der Waals surface area contributed by atoms with E-state index in [1.165, 1.54) is 37.9 Å². The smallest absolute Gasteiger partial charge is 0.0485 e. The third kappa shape index (κ3) is 3.05. The van der Waals surface area contributed by atoms with Crippen molar-refractivity contribution in [2.24, 2.45) is 11.7 Å². The number of pyridine rings is 1. The maximum Gasteiger partial charge on any atom is 0.0485 e. The van der Waals surface area contributed by atoms with Crippen LogP contribution in [-0.2, 0) is 0 Å². The summed E-state index contributed by atoms with van der Waals surface area (Å²) in [4.78, 5) is 6.71. The lowest BCUT2D eigenvalue weighted by Crippen LogP contribution is -2.39. The third-order valence-corrected chi connectivity index (χ3v) is 3.96. The highest BCUT2D eigenvalue weighted by atomic mass is 15.2. The van der Waals surface area contributed by atoms with Crippen LogP contribution in [0.3, 0.4) is 0 Å². The molecule has 1 aliphatic rings. The highest BCUT2D eigenvalue weighted by Gasteiger charge is 2.24. The van der Waals surface area contributed by atoms with Crippen molar-refractivity contribution >= 4 is 0 Å². The zero-order valence-corrected chi connectivity index (χ0v) is 10.7. The number of nitrogens with zero attached hydrogens (tertiary/aromatic N) is 2. The van der Waals surface area contributed by atoms with Gasteiger partial charge in [-0.15, -0.1) is 0 Å². The zero-order chi connectivity index (χ0) is 12.1. The molecule has 0 aliphatic carbocycles. The Labute approximate surface area is 104 Å². The van der Waals surface area contributed by atoms with E-state index in [4.69, 9.17) is 5.73 Å². The van der Waals surface area contributed by atoms with Crippen LogP contribution in [0.5, 0.6) is 0 Å². The molecule has 0 bridgehead atoms. The molecule has 17 heavy (non-hydrogen) atoms. The van der Waals surface area contributed by atoms with Crippen molar-refractivity contribution in [1.29, 1.82) is 0 Å². The number of hydrogen-bond acceptors (Lipinski definition) is 3. The molecule has 1 aromatic rings. The Morgan fingerprint density at radius 2 is 2.24 bits per heavy atom. The van der Waals surface area contributed by atoms with Crippen LogP contribution in [0.2, 0.25) is 0 Å². The van der Waals surface area contributed by atoms with Gasteiger partial charge in [0.15, 0.2) is 0 Å². The molecule has 1 atom stereocenters. The summed E-state index contributed by atoms with van der Waals surface area (Å²) >= 11 is 0. The minimum Gasteiger partial charge on any atom is -0.329 e. The van der Waals surface area contributed by atoms with Gasteiger partial charge in [0.1, 0.15) is 0 Å². The van der Waals surface area contributed by atoms with E-state index in [1.54, 1.807) is 0 Å². The van der Waals surface area contributed by atoms with Crippen LogP contribution < -0.4 is 5.73 Å². The fraction of sp³-hybridized carbons (Fsp3) is 0.643. The lowest BCUT2D eigenvalue weighted by atomic mass is 9.92. The molecule has 0 spiro atoms. The third-order valence-electron chi connectivity index (χ3n) is 3.96. The van der Waals surface area contributed by atoms with Gasteiger partial charge in [-0.05, 0) is 43.5 Å². The van der Waals surface area contributed by atoms with Crippen LogP contribution in [0, 0.1) is 5.92 Å². The minimum atomic E-state index is 0.349. The molecule has 2 rings (SSSR count). The van der Waals surface area contributed by atoms with Gasteiger partial charge in [0.05, 0.1) is 0 Å². The summed E-state index contributed by atoms with van der Waals surface area (Å²) in [5.74, 6) is 0.915. The molecular weight excluding hydrogens is 210 g/mol. The molecule has 94 valence electrons. The van der Waals surface area contributed by atoms with Crippen LogP contribution in [0.15, 0.2) is 24.5 Å². The fourth-order valence-corrected chi connectivity index (χ4v) is 2.74. The second-order valence-corrected chi connectivity index (χ2v) is 4.93. The van der Waals surface area contributed by atoms with Crippen molar-refractivity contribution < 1.29 is 0 Å². The number of likely N-dealkylation sites (tertiary alicyclic amines) is 1. The van der Waals surface area contributed by atoms with Gasteiger partial charge in [0, 0.05) is 25.0 Å². The normalized spacial score (nSPS) is 20.4. The summed E-state index contributed by atoms with van der Waals surface area (Å²) in [6, 6.07) is 4.48. The molecule has 1 unspecified atom stereocenters. The topological polar surface area (TPSA) is 42.1 Å². The van der Waals surface area contributed by atoms with Crippen molar-refractivity contribution in [3.63, 3.8) is 0 Å². The van der Waals surface area contributed by atoms with Crippen molar-refractivity contribution in [2.45, 2.75) is 32.2 Å². The van der Waals surface area contributed by atoms with Gasteiger partial charge in [-0.1, -0.05) is 19.4 Å². The van der Waals surface area contributed by atoms with E-state index in [9.17, 15) is 0 Å². The standard InChI is InChI=1S/C14H23N3/c1-2-12-5-8-17(9-6-12)14(10-15)13-4-3-7-16-11-13/h3-4,7,11-12,14H,2,5-6,8-10,15H2,1H3. The SMILES string of the molecule is CCC1CCN(C(CN)c2cccnc2)CC1. The monoisotopic (exact) mass is 233 g/mol. The van der Waals surface area contributed by atoms with E-state index in [-0.39, 0.29) is 0 Å². The number of rotatable bonds is 4. The number of aromatic nitrogens is 1. The predicted molar refractivity (Wildman–Crippen MR) is 70.6 cm³/mol. The minimum absolute atomic E-state index is 0.349. The molecular formula is C14H23N3. The van der Waals surface area contributed by atoms with Crippen LogP contribution in [0.25, 0.3) is 0 Å². The van der Waals surface area contributed by atoms with E-state index < -0.39 is 0 Å². The number of piperidine rings is 1. The number of hydrogen-bond donors (Lipinski definition) is 1. The van der Waals surface area contributed by atoms with Crippen molar-refractivity contribution in [1.82, 2.24) is 9.88 Å². The van der Waals surface area contributed by atoms with E-state index in [0.717, 1.165) is 5.92 Å². The quantitative estimate of drug-likeness (QED) is 0.867. The van der Waals surface area contributed by atoms with E-state index in [2.05, 4.69) is 22.9 Å². The van der Waals surface area contributed by atoms with Crippen molar-refractivity contribution in [3.05, 3.63) is 30.1 Å². The molecule has 2 N–H and O–H groups in total. The Morgan fingerprint density at radius 3 is 2.76 bits per heavy atom. The highest BCUT2D eigenvalue weighted by molar-refractivity contribution is 5.14. The molecule has 0 saturated carbocycles. The Kier molecular flexibility index (Phi) is 4.51. The summed E-state index contributed by atoms with van der Waals surface area (Å²) in [5, 5.41) is 0. The average Bonchev–Trinajstić information content (AvgIpc) is 2.42. The van der Waals surface area contributed by atoms with Crippen LogP contribution >= 0.6 is 0 Å². The lowest BCUT2D eigenvalue weighted by molar-refractivity contribution is 0.133. The summed E-state index contributed by atoms with van der Waals surface area (Å²) in [6.45, 7) is 5.33. The van der Waals surface area contributed by atoms with Crippen LogP contribution in [0.1, 0.15) is 37.8 Å². The maximum atomic E-state index is 5.93. The second-order valence-electron chi connectivity index (χ2n) is 4.93. The second kappa shape index (κ2) is 6.12. The van der Waals surface area contributed by atoms with Gasteiger partial charge in [-0.2, -0.15) is 0 Å². The van der Waals surface area contributed by atoms with Gasteiger partial charge < -0.3 is 5.73 Å². The molecule has 0 radical (unpaired) electrons. The Bertz CT molecular complexity index is 317. The van der Waals surface area contributed by atoms with E-state index >= 15 is 0 Å². The first-order valence-electron chi connectivity index (χ1n) is 6.69. The largest absolute Gasteiger partial charge is 0.329 e. The van der Waals surface area contributed by atoms with E-state index in [1.807, 2.05) is 18.5 Å². The first-order valence-corrected chi connectivity index (χ1v) is 6.69. The molecule has 2 heterocycles. The molecule has 1 saturated heterocycles. The van der Waals surface area contributed by atoms with Gasteiger partial charge in [-0.3, -0.25) is 9.88 Å². The van der Waals surface area contributed by atoms with E-state index in [0.29, 0.717) is 12.6 Å². The fourth-order valence-electron chi connectivity index (χ4n) is 2.74. The molecule has 3 heteroatoms. The Balaban J connectivity index is 2.00. The summed E-state index contributed by atoms with van der Waals surface area (Å²) in [5.41, 5.74) is 7.19. The molecule has 1 fully saturated rings. The van der Waals surface area contributed by atoms with Crippen molar-refractivity contribution in [2.75, 3.05) is 19.6 Å². The summed E-state index contributed by atoms with van der Waals surface area (Å²) in [6.07, 6.45) is 7.71. The first-order chi connectivity index (χ1) is 8.35. The van der Waals surface area contributed by atoms with Crippen LogP contribution in [-0.4, -0.2) is 29.5 Å². The Morgan fingerprint density at radius 1 is 1.47 bits per heavy atom. The first kappa shape index (κ1) is 12.5.